The van der Waals surface area contributed by atoms with E-state index in [1.54, 1.807) is 0 Å². The molecule has 0 heterocycles. The number of halogens is 6. The fourth-order valence-corrected chi connectivity index (χ4v) is 2.25. The molecule has 2 N–H and O–H groups in total. The lowest BCUT2D eigenvalue weighted by molar-refractivity contribution is -0.138. The Hall–Kier alpha value is -3.04. The average Bonchev–Trinajstić information content (AvgIpc) is 2.53. The number of aromatic carboxylic acids is 2. The van der Waals surface area contributed by atoms with Gasteiger partial charge < -0.3 is 10.2 Å². The van der Waals surface area contributed by atoms with Crippen LogP contribution in [0.2, 0.25) is 0 Å². The third-order valence-electron chi connectivity index (χ3n) is 3.58. The molecule has 0 atom stereocenters. The number of hydrogen-bond acceptors (Lipinski definition) is 2. The van der Waals surface area contributed by atoms with Crippen LogP contribution in [-0.4, -0.2) is 22.2 Å². The molecule has 0 aliphatic carbocycles. The Bertz CT molecular complexity index is 885. The molecule has 0 bridgehead atoms. The summed E-state index contributed by atoms with van der Waals surface area (Å²) in [6.45, 7) is 2.62. The molecular weight excluding hydrogens is 394 g/mol. The summed E-state index contributed by atoms with van der Waals surface area (Å²) in [7, 11) is 0. The molecule has 0 unspecified atom stereocenters. The normalized spacial score (nSPS) is 11.4. The molecule has 0 amide bonds. The minimum atomic E-state index is -4.63. The van der Waals surface area contributed by atoms with Gasteiger partial charge in [-0.05, 0) is 43.7 Å². The van der Waals surface area contributed by atoms with Crippen LogP contribution in [0, 0.1) is 13.8 Å². The second-order valence-corrected chi connectivity index (χ2v) is 5.63. The van der Waals surface area contributed by atoms with E-state index in [0.29, 0.717) is 5.56 Å². The first-order valence-electron chi connectivity index (χ1n) is 7.47. The van der Waals surface area contributed by atoms with Crippen LogP contribution in [0.3, 0.4) is 0 Å². The van der Waals surface area contributed by atoms with E-state index in [2.05, 4.69) is 0 Å². The van der Waals surface area contributed by atoms with Gasteiger partial charge in [-0.3, -0.25) is 0 Å². The van der Waals surface area contributed by atoms with Gasteiger partial charge in [-0.25, -0.2) is 9.59 Å². The molecule has 28 heavy (non-hydrogen) atoms. The van der Waals surface area contributed by atoms with E-state index in [1.807, 2.05) is 0 Å². The van der Waals surface area contributed by atoms with Crippen molar-refractivity contribution in [1.82, 2.24) is 0 Å². The van der Waals surface area contributed by atoms with Crippen molar-refractivity contribution < 1.29 is 46.1 Å². The largest absolute Gasteiger partial charge is 0.478 e. The minimum absolute atomic E-state index is 0.257. The Morgan fingerprint density at radius 1 is 0.750 bits per heavy atom. The maximum absolute atomic E-state index is 12.3. The first-order chi connectivity index (χ1) is 12.7. The monoisotopic (exact) mass is 408 g/mol. The fraction of sp³-hybridized carbons (Fsp3) is 0.222. The Labute approximate surface area is 155 Å². The van der Waals surface area contributed by atoms with Crippen molar-refractivity contribution in [3.63, 3.8) is 0 Å². The summed E-state index contributed by atoms with van der Waals surface area (Å²) in [5.74, 6) is -2.93. The first-order valence-corrected chi connectivity index (χ1v) is 7.47. The van der Waals surface area contributed by atoms with E-state index >= 15 is 0 Å². The third-order valence-corrected chi connectivity index (χ3v) is 3.58. The number of rotatable bonds is 2. The molecule has 0 saturated heterocycles. The minimum Gasteiger partial charge on any atom is -0.478 e. The lowest BCUT2D eigenvalue weighted by Gasteiger charge is -2.11. The summed E-state index contributed by atoms with van der Waals surface area (Å²) in [5, 5.41) is 17.1. The molecule has 0 spiro atoms. The fourth-order valence-electron chi connectivity index (χ4n) is 2.25. The second kappa shape index (κ2) is 8.32. The van der Waals surface area contributed by atoms with Crippen LogP contribution in [0.1, 0.15) is 43.0 Å². The molecule has 152 valence electrons. The zero-order valence-electron chi connectivity index (χ0n) is 14.4. The van der Waals surface area contributed by atoms with Crippen LogP contribution in [-0.2, 0) is 12.4 Å². The molecule has 2 rings (SSSR count). The molecule has 0 fully saturated rings. The van der Waals surface area contributed by atoms with E-state index in [-0.39, 0.29) is 11.1 Å². The summed E-state index contributed by atoms with van der Waals surface area (Å²) < 4.78 is 73.9. The molecule has 0 aliphatic heterocycles. The van der Waals surface area contributed by atoms with Crippen molar-refractivity contribution in [2.45, 2.75) is 26.2 Å². The van der Waals surface area contributed by atoms with Gasteiger partial charge in [0.05, 0.1) is 22.3 Å². The summed E-state index contributed by atoms with van der Waals surface area (Å²) in [6, 6.07) is 6.20. The van der Waals surface area contributed by atoms with Crippen molar-refractivity contribution in [3.8, 4) is 0 Å². The number of carboxylic acid groups (broad SMARTS) is 2. The molecule has 0 aliphatic rings. The quantitative estimate of drug-likeness (QED) is 0.651. The molecule has 0 radical (unpaired) electrons. The van der Waals surface area contributed by atoms with Gasteiger partial charge >= 0.3 is 24.3 Å². The van der Waals surface area contributed by atoms with Crippen molar-refractivity contribution in [2.24, 2.45) is 0 Å². The van der Waals surface area contributed by atoms with Gasteiger partial charge in [0.2, 0.25) is 0 Å². The van der Waals surface area contributed by atoms with Gasteiger partial charge in [0.15, 0.2) is 0 Å². The Morgan fingerprint density at radius 2 is 1.25 bits per heavy atom. The van der Waals surface area contributed by atoms with Crippen LogP contribution < -0.4 is 0 Å². The molecule has 2 aromatic carbocycles. The number of aryl methyl sites for hydroxylation is 1. The van der Waals surface area contributed by atoms with Crippen LogP contribution in [0.4, 0.5) is 26.3 Å². The van der Waals surface area contributed by atoms with Crippen LogP contribution in [0.5, 0.6) is 0 Å². The standard InChI is InChI=1S/2C9H7F3O2/c1-5-2-3-6(8(13)14)7(4-5)9(10,11)12;1-5-6(8(13)14)3-2-4-7(5)9(10,11)12/h2*2-4H,1H3,(H,13,14). The molecular formula is C18H14F6O4. The number of hydrogen-bond donors (Lipinski definition) is 2. The van der Waals surface area contributed by atoms with Gasteiger partial charge in [0.1, 0.15) is 0 Å². The summed E-state index contributed by atoms with van der Waals surface area (Å²) in [4.78, 5) is 21.0. The summed E-state index contributed by atoms with van der Waals surface area (Å²) in [5.41, 5.74) is -2.93. The maximum atomic E-state index is 12.3. The topological polar surface area (TPSA) is 74.6 Å². The number of alkyl halides is 6. The van der Waals surface area contributed by atoms with E-state index in [9.17, 15) is 35.9 Å². The van der Waals surface area contributed by atoms with Crippen molar-refractivity contribution >= 4 is 11.9 Å². The van der Waals surface area contributed by atoms with Gasteiger partial charge in [0, 0.05) is 0 Å². The summed E-state index contributed by atoms with van der Waals surface area (Å²) in [6.07, 6.45) is -9.13. The maximum Gasteiger partial charge on any atom is 0.417 e. The molecule has 2 aromatic rings. The highest BCUT2D eigenvalue weighted by molar-refractivity contribution is 5.90. The SMILES string of the molecule is Cc1c(C(=O)O)cccc1C(F)(F)F.Cc1ccc(C(=O)O)c(C(F)(F)F)c1. The number of carboxylic acids is 2. The Kier molecular flexibility index (Phi) is 6.84. The van der Waals surface area contributed by atoms with Crippen molar-refractivity contribution in [2.75, 3.05) is 0 Å². The highest BCUT2D eigenvalue weighted by Crippen LogP contribution is 2.33. The molecule has 0 saturated carbocycles. The lowest BCUT2D eigenvalue weighted by Crippen LogP contribution is -2.12. The van der Waals surface area contributed by atoms with Gasteiger partial charge in [-0.2, -0.15) is 26.3 Å². The van der Waals surface area contributed by atoms with Crippen LogP contribution >= 0.6 is 0 Å². The van der Waals surface area contributed by atoms with E-state index in [4.69, 9.17) is 10.2 Å². The summed E-state index contributed by atoms with van der Waals surface area (Å²) >= 11 is 0. The predicted molar refractivity (Wildman–Crippen MR) is 86.3 cm³/mol. The van der Waals surface area contributed by atoms with Gasteiger partial charge in [-0.1, -0.05) is 17.7 Å². The number of carbonyl (C=O) groups is 2. The van der Waals surface area contributed by atoms with Gasteiger partial charge in [-0.15, -0.1) is 0 Å². The van der Waals surface area contributed by atoms with E-state index < -0.39 is 41.0 Å². The Balaban J connectivity index is 0.000000280. The van der Waals surface area contributed by atoms with Crippen molar-refractivity contribution in [3.05, 3.63) is 69.8 Å². The van der Waals surface area contributed by atoms with Crippen LogP contribution in [0.15, 0.2) is 36.4 Å². The van der Waals surface area contributed by atoms with E-state index in [1.165, 1.54) is 13.0 Å². The predicted octanol–water partition coefficient (Wildman–Crippen LogP) is 5.42. The zero-order chi connectivity index (χ0) is 21.9. The van der Waals surface area contributed by atoms with Crippen molar-refractivity contribution in [1.29, 1.82) is 0 Å². The molecule has 10 heteroatoms. The third kappa shape index (κ3) is 5.73. The van der Waals surface area contributed by atoms with E-state index in [0.717, 1.165) is 37.3 Å². The second-order valence-electron chi connectivity index (χ2n) is 5.63. The lowest BCUT2D eigenvalue weighted by atomic mass is 10.0. The zero-order valence-corrected chi connectivity index (χ0v) is 14.4. The van der Waals surface area contributed by atoms with Crippen LogP contribution in [0.25, 0.3) is 0 Å². The van der Waals surface area contributed by atoms with Gasteiger partial charge in [0.25, 0.3) is 0 Å². The Morgan fingerprint density at radius 3 is 1.68 bits per heavy atom. The highest BCUT2D eigenvalue weighted by Gasteiger charge is 2.35. The number of benzene rings is 2. The molecule has 0 aromatic heterocycles. The smallest absolute Gasteiger partial charge is 0.417 e. The average molecular weight is 408 g/mol. The molecule has 4 nitrogen and oxygen atoms in total. The highest BCUT2D eigenvalue weighted by atomic mass is 19.4. The first kappa shape index (κ1) is 23.0.